The SMILES string of the molecule is Cc1noc(C)c1-c1cccc(C2CCN(CCC(N)=O)CC2)n1. The number of piperidine rings is 1. The molecule has 0 unspecified atom stereocenters. The minimum Gasteiger partial charge on any atom is -0.370 e. The van der Waals surface area contributed by atoms with Gasteiger partial charge in [0.05, 0.1) is 17.0 Å². The fourth-order valence-electron chi connectivity index (χ4n) is 3.39. The molecule has 1 aliphatic heterocycles. The zero-order chi connectivity index (χ0) is 17.1. The number of hydrogen-bond acceptors (Lipinski definition) is 5. The maximum atomic E-state index is 10.9. The number of hydrogen-bond donors (Lipinski definition) is 1. The zero-order valence-electron chi connectivity index (χ0n) is 14.3. The fourth-order valence-corrected chi connectivity index (χ4v) is 3.39. The summed E-state index contributed by atoms with van der Waals surface area (Å²) in [4.78, 5) is 18.1. The summed E-state index contributed by atoms with van der Waals surface area (Å²) in [5.74, 6) is 1.03. The van der Waals surface area contributed by atoms with Gasteiger partial charge >= 0.3 is 0 Å². The van der Waals surface area contributed by atoms with Crippen LogP contribution in [-0.4, -0.2) is 40.6 Å². The number of rotatable bonds is 5. The van der Waals surface area contributed by atoms with Crippen LogP contribution in [0.4, 0.5) is 0 Å². The van der Waals surface area contributed by atoms with Crippen LogP contribution in [0, 0.1) is 13.8 Å². The van der Waals surface area contributed by atoms with Gasteiger partial charge in [0.2, 0.25) is 5.91 Å². The molecule has 6 heteroatoms. The highest BCUT2D eigenvalue weighted by Crippen LogP contribution is 2.30. The third-order valence-electron chi connectivity index (χ3n) is 4.74. The first-order chi connectivity index (χ1) is 11.5. The Kier molecular flexibility index (Phi) is 4.94. The summed E-state index contributed by atoms with van der Waals surface area (Å²) in [7, 11) is 0. The predicted molar refractivity (Wildman–Crippen MR) is 91.4 cm³/mol. The van der Waals surface area contributed by atoms with Gasteiger partial charge in [-0.25, -0.2) is 0 Å². The van der Waals surface area contributed by atoms with Crippen molar-refractivity contribution in [2.75, 3.05) is 19.6 Å². The van der Waals surface area contributed by atoms with Crippen LogP contribution in [0.5, 0.6) is 0 Å². The zero-order valence-corrected chi connectivity index (χ0v) is 14.3. The number of pyridine rings is 1. The molecule has 2 N–H and O–H groups in total. The standard InChI is InChI=1S/C18H24N4O2/c1-12-18(13(2)24-21-12)16-5-3-4-15(20-16)14-6-9-22(10-7-14)11-8-17(19)23/h3-5,14H,6-11H2,1-2H3,(H2,19,23). The molecule has 1 saturated heterocycles. The van der Waals surface area contributed by atoms with Crippen molar-refractivity contribution in [2.45, 2.75) is 39.0 Å². The van der Waals surface area contributed by atoms with Gasteiger partial charge in [-0.05, 0) is 51.9 Å². The highest BCUT2D eigenvalue weighted by atomic mass is 16.5. The molecule has 1 aliphatic rings. The first kappa shape index (κ1) is 16.6. The lowest BCUT2D eigenvalue weighted by Gasteiger charge is -2.31. The average Bonchev–Trinajstić information content (AvgIpc) is 2.92. The van der Waals surface area contributed by atoms with Crippen molar-refractivity contribution < 1.29 is 9.32 Å². The van der Waals surface area contributed by atoms with Gasteiger partial charge < -0.3 is 15.2 Å². The summed E-state index contributed by atoms with van der Waals surface area (Å²) >= 11 is 0. The van der Waals surface area contributed by atoms with Crippen molar-refractivity contribution in [3.63, 3.8) is 0 Å². The summed E-state index contributed by atoms with van der Waals surface area (Å²) in [5.41, 5.74) is 9.15. The summed E-state index contributed by atoms with van der Waals surface area (Å²) < 4.78 is 5.26. The second-order valence-electron chi connectivity index (χ2n) is 6.48. The Morgan fingerprint density at radius 3 is 2.71 bits per heavy atom. The van der Waals surface area contributed by atoms with Crippen LogP contribution < -0.4 is 5.73 Å². The smallest absolute Gasteiger partial charge is 0.218 e. The number of nitrogens with two attached hydrogens (primary N) is 1. The van der Waals surface area contributed by atoms with Gasteiger partial charge in [-0.1, -0.05) is 11.2 Å². The predicted octanol–water partition coefficient (Wildman–Crippen LogP) is 2.41. The molecular weight excluding hydrogens is 304 g/mol. The van der Waals surface area contributed by atoms with Gasteiger partial charge in [-0.15, -0.1) is 0 Å². The summed E-state index contributed by atoms with van der Waals surface area (Å²) in [6.07, 6.45) is 2.54. The van der Waals surface area contributed by atoms with E-state index in [0.717, 1.165) is 60.9 Å². The molecule has 0 aliphatic carbocycles. The maximum Gasteiger partial charge on any atom is 0.218 e. The largest absolute Gasteiger partial charge is 0.370 e. The van der Waals surface area contributed by atoms with E-state index in [1.165, 1.54) is 0 Å². The normalized spacial score (nSPS) is 16.4. The number of carbonyl (C=O) groups is 1. The van der Waals surface area contributed by atoms with E-state index in [1.54, 1.807) is 0 Å². The first-order valence-electron chi connectivity index (χ1n) is 8.45. The number of likely N-dealkylation sites (tertiary alicyclic amines) is 1. The lowest BCUT2D eigenvalue weighted by Crippen LogP contribution is -2.35. The summed E-state index contributed by atoms with van der Waals surface area (Å²) in [6, 6.07) is 6.17. The Morgan fingerprint density at radius 1 is 1.33 bits per heavy atom. The highest BCUT2D eigenvalue weighted by molar-refractivity contribution is 5.73. The Bertz CT molecular complexity index is 698. The average molecular weight is 328 g/mol. The van der Waals surface area contributed by atoms with E-state index in [0.29, 0.717) is 12.3 Å². The van der Waals surface area contributed by atoms with Crippen LogP contribution in [-0.2, 0) is 4.79 Å². The molecule has 3 heterocycles. The van der Waals surface area contributed by atoms with E-state index in [9.17, 15) is 4.79 Å². The van der Waals surface area contributed by atoms with Crippen LogP contribution in [0.1, 0.15) is 42.3 Å². The van der Waals surface area contributed by atoms with E-state index in [4.69, 9.17) is 15.2 Å². The lowest BCUT2D eigenvalue weighted by atomic mass is 9.92. The second kappa shape index (κ2) is 7.13. The molecule has 2 aromatic rings. The molecule has 0 atom stereocenters. The number of carbonyl (C=O) groups excluding carboxylic acids is 1. The quantitative estimate of drug-likeness (QED) is 0.911. The van der Waals surface area contributed by atoms with E-state index < -0.39 is 0 Å². The Balaban J connectivity index is 1.69. The number of aromatic nitrogens is 2. The number of nitrogens with zero attached hydrogens (tertiary/aromatic N) is 3. The van der Waals surface area contributed by atoms with Crippen LogP contribution >= 0.6 is 0 Å². The third-order valence-corrected chi connectivity index (χ3v) is 4.74. The molecule has 1 amide bonds. The van der Waals surface area contributed by atoms with Crippen molar-refractivity contribution in [1.29, 1.82) is 0 Å². The minimum absolute atomic E-state index is 0.231. The molecule has 3 rings (SSSR count). The molecular formula is C18H24N4O2. The number of amides is 1. The molecule has 6 nitrogen and oxygen atoms in total. The monoisotopic (exact) mass is 328 g/mol. The molecule has 0 bridgehead atoms. The fraction of sp³-hybridized carbons (Fsp3) is 0.500. The maximum absolute atomic E-state index is 10.9. The van der Waals surface area contributed by atoms with Gasteiger partial charge in [-0.3, -0.25) is 9.78 Å². The van der Waals surface area contributed by atoms with Crippen LogP contribution in [0.15, 0.2) is 22.7 Å². The molecule has 0 radical (unpaired) electrons. The topological polar surface area (TPSA) is 85.3 Å². The Labute approximate surface area is 142 Å². The first-order valence-corrected chi connectivity index (χ1v) is 8.45. The van der Waals surface area contributed by atoms with Crippen molar-refractivity contribution in [2.24, 2.45) is 5.73 Å². The Morgan fingerprint density at radius 2 is 2.08 bits per heavy atom. The highest BCUT2D eigenvalue weighted by Gasteiger charge is 2.22. The van der Waals surface area contributed by atoms with E-state index in [2.05, 4.69) is 22.2 Å². The third kappa shape index (κ3) is 3.64. The Hall–Kier alpha value is -2.21. The lowest BCUT2D eigenvalue weighted by molar-refractivity contribution is -0.118. The van der Waals surface area contributed by atoms with E-state index in [1.807, 2.05) is 19.9 Å². The van der Waals surface area contributed by atoms with Crippen molar-refractivity contribution in [3.05, 3.63) is 35.3 Å². The molecule has 2 aromatic heterocycles. The van der Waals surface area contributed by atoms with E-state index in [-0.39, 0.29) is 5.91 Å². The van der Waals surface area contributed by atoms with Gasteiger partial charge in [0, 0.05) is 24.6 Å². The number of primary amides is 1. The molecule has 0 aromatic carbocycles. The summed E-state index contributed by atoms with van der Waals surface area (Å²) in [5, 5.41) is 4.02. The summed E-state index contributed by atoms with van der Waals surface area (Å²) in [6.45, 7) is 6.58. The van der Waals surface area contributed by atoms with Crippen molar-refractivity contribution in [1.82, 2.24) is 15.0 Å². The second-order valence-corrected chi connectivity index (χ2v) is 6.48. The van der Waals surface area contributed by atoms with Gasteiger partial charge in [0.1, 0.15) is 5.76 Å². The van der Waals surface area contributed by atoms with E-state index >= 15 is 0 Å². The van der Waals surface area contributed by atoms with Gasteiger partial charge in [-0.2, -0.15) is 0 Å². The molecule has 0 spiro atoms. The van der Waals surface area contributed by atoms with Crippen molar-refractivity contribution >= 4 is 5.91 Å². The van der Waals surface area contributed by atoms with Crippen molar-refractivity contribution in [3.8, 4) is 11.3 Å². The van der Waals surface area contributed by atoms with Gasteiger partial charge in [0.25, 0.3) is 0 Å². The molecule has 1 fully saturated rings. The molecule has 24 heavy (non-hydrogen) atoms. The molecule has 128 valence electrons. The van der Waals surface area contributed by atoms with Crippen LogP contribution in [0.3, 0.4) is 0 Å². The van der Waals surface area contributed by atoms with Crippen LogP contribution in [0.25, 0.3) is 11.3 Å². The molecule has 0 saturated carbocycles. The minimum atomic E-state index is -0.231. The number of aryl methyl sites for hydroxylation is 2. The van der Waals surface area contributed by atoms with Gasteiger partial charge in [0.15, 0.2) is 0 Å². The van der Waals surface area contributed by atoms with Crippen LogP contribution in [0.2, 0.25) is 0 Å².